The monoisotopic (exact) mass is 431 g/mol. The molecule has 0 radical (unpaired) electrons. The lowest BCUT2D eigenvalue weighted by atomic mass is 9.44. The lowest BCUT2D eigenvalue weighted by Crippen LogP contribution is -2.57. The van der Waals surface area contributed by atoms with Crippen molar-refractivity contribution in [1.29, 1.82) is 0 Å². The van der Waals surface area contributed by atoms with Crippen molar-refractivity contribution in [2.45, 2.75) is 121 Å². The third-order valence-corrected chi connectivity index (χ3v) is 11.8. The zero-order valence-electron chi connectivity index (χ0n) is 20.6. The number of hydrogen-bond acceptors (Lipinski definition) is 3. The van der Waals surface area contributed by atoms with Gasteiger partial charge in [0.25, 0.3) is 0 Å². The second-order valence-electron chi connectivity index (χ2n) is 13.4. The fraction of sp³-hybridized carbons (Fsp3) is 1.00. The van der Waals surface area contributed by atoms with Gasteiger partial charge in [-0.2, -0.15) is 0 Å². The number of aliphatic hydroxyl groups is 2. The Labute approximate surface area is 191 Å². The van der Waals surface area contributed by atoms with E-state index in [0.29, 0.717) is 10.8 Å². The normalized spacial score (nSPS) is 50.4. The standard InChI is InChI=1S/C28H49NO2/c1-25-13-11-24-22(9-7-21-18-28(31,19-29-3)15-14-26(21,24)2)23(25)10-8-20(25)6-4-5-12-27(30)16-17-27/h20-24,29-31H,4-19H2,1-3H3/t20?,21?,22?,23?,24?,25?,26?,28-/m0/s1. The summed E-state index contributed by atoms with van der Waals surface area (Å²) in [6.07, 6.45) is 18.9. The number of hydrogen-bond donors (Lipinski definition) is 3. The molecule has 5 rings (SSSR count). The fourth-order valence-corrected chi connectivity index (χ4v) is 9.63. The summed E-state index contributed by atoms with van der Waals surface area (Å²) in [5.74, 6) is 4.42. The molecule has 5 saturated carbocycles. The van der Waals surface area contributed by atoms with E-state index in [9.17, 15) is 10.2 Å². The van der Waals surface area contributed by atoms with Crippen LogP contribution in [-0.4, -0.2) is 35.0 Å². The van der Waals surface area contributed by atoms with E-state index in [1.165, 1.54) is 64.2 Å². The maximum absolute atomic E-state index is 11.1. The van der Waals surface area contributed by atoms with Crippen molar-refractivity contribution in [2.24, 2.45) is 40.4 Å². The molecule has 0 spiro atoms. The number of nitrogens with one attached hydrogen (secondary N) is 1. The average Bonchev–Trinajstić information content (AvgIpc) is 3.36. The van der Waals surface area contributed by atoms with Crippen LogP contribution in [0.4, 0.5) is 0 Å². The summed E-state index contributed by atoms with van der Waals surface area (Å²) in [5.41, 5.74) is 0.305. The van der Waals surface area contributed by atoms with Gasteiger partial charge >= 0.3 is 0 Å². The summed E-state index contributed by atoms with van der Waals surface area (Å²) in [6.45, 7) is 6.04. The smallest absolute Gasteiger partial charge is 0.0774 e. The molecule has 0 aromatic carbocycles. The molecule has 5 aliphatic carbocycles. The lowest BCUT2D eigenvalue weighted by Gasteiger charge is -2.62. The summed E-state index contributed by atoms with van der Waals surface area (Å²) >= 11 is 0. The minimum absolute atomic E-state index is 0.256. The molecule has 3 nitrogen and oxygen atoms in total. The molecular weight excluding hydrogens is 382 g/mol. The van der Waals surface area contributed by atoms with Crippen molar-refractivity contribution >= 4 is 0 Å². The Balaban J connectivity index is 1.23. The molecule has 178 valence electrons. The van der Waals surface area contributed by atoms with Gasteiger partial charge in [-0.15, -0.1) is 0 Å². The van der Waals surface area contributed by atoms with E-state index < -0.39 is 5.60 Å². The molecule has 0 bridgehead atoms. The van der Waals surface area contributed by atoms with Crippen LogP contribution in [0.2, 0.25) is 0 Å². The van der Waals surface area contributed by atoms with Gasteiger partial charge in [0.1, 0.15) is 0 Å². The number of fused-ring (bicyclic) bond motifs is 5. The minimum Gasteiger partial charge on any atom is -0.390 e. The first-order chi connectivity index (χ1) is 14.7. The first-order valence-electron chi connectivity index (χ1n) is 13.8. The topological polar surface area (TPSA) is 52.5 Å². The summed E-state index contributed by atoms with van der Waals surface area (Å²) in [5, 5.41) is 24.5. The highest BCUT2D eigenvalue weighted by Gasteiger charge is 2.60. The van der Waals surface area contributed by atoms with Gasteiger partial charge in [-0.1, -0.05) is 26.7 Å². The molecule has 0 aromatic rings. The maximum atomic E-state index is 11.1. The molecule has 0 amide bonds. The molecule has 31 heavy (non-hydrogen) atoms. The van der Waals surface area contributed by atoms with Gasteiger partial charge in [-0.25, -0.2) is 0 Å². The Morgan fingerprint density at radius 3 is 2.26 bits per heavy atom. The first kappa shape index (κ1) is 22.7. The molecule has 5 fully saturated rings. The third-order valence-electron chi connectivity index (χ3n) is 11.8. The van der Waals surface area contributed by atoms with Crippen LogP contribution in [0.25, 0.3) is 0 Å². The van der Waals surface area contributed by atoms with Crippen molar-refractivity contribution in [3.05, 3.63) is 0 Å². The van der Waals surface area contributed by atoms with Gasteiger partial charge in [-0.3, -0.25) is 0 Å². The van der Waals surface area contributed by atoms with Crippen LogP contribution in [0.1, 0.15) is 110 Å². The van der Waals surface area contributed by atoms with Crippen LogP contribution < -0.4 is 5.32 Å². The Morgan fingerprint density at radius 2 is 1.52 bits per heavy atom. The van der Waals surface area contributed by atoms with Crippen LogP contribution in [0.5, 0.6) is 0 Å². The zero-order valence-corrected chi connectivity index (χ0v) is 20.6. The summed E-state index contributed by atoms with van der Waals surface area (Å²) in [4.78, 5) is 0. The Morgan fingerprint density at radius 1 is 0.774 bits per heavy atom. The Kier molecular flexibility index (Phi) is 5.83. The van der Waals surface area contributed by atoms with Crippen LogP contribution in [0.15, 0.2) is 0 Å². The van der Waals surface area contributed by atoms with E-state index in [0.717, 1.165) is 68.2 Å². The van der Waals surface area contributed by atoms with Crippen LogP contribution in [0, 0.1) is 40.4 Å². The number of unbranched alkanes of at least 4 members (excludes halogenated alkanes) is 1. The van der Waals surface area contributed by atoms with E-state index in [4.69, 9.17) is 0 Å². The molecule has 3 N–H and O–H groups in total. The quantitative estimate of drug-likeness (QED) is 0.454. The van der Waals surface area contributed by atoms with Crippen molar-refractivity contribution in [3.8, 4) is 0 Å². The van der Waals surface area contributed by atoms with Gasteiger partial charge in [0.05, 0.1) is 11.2 Å². The van der Waals surface area contributed by atoms with E-state index in [1.807, 2.05) is 7.05 Å². The summed E-state index contributed by atoms with van der Waals surface area (Å²) in [6, 6.07) is 0. The van der Waals surface area contributed by atoms with Crippen molar-refractivity contribution < 1.29 is 10.2 Å². The highest BCUT2D eigenvalue weighted by Crippen LogP contribution is 2.68. The predicted octanol–water partition coefficient (Wildman–Crippen LogP) is 5.68. The van der Waals surface area contributed by atoms with Gasteiger partial charge in [-0.05, 0) is 131 Å². The van der Waals surface area contributed by atoms with Crippen molar-refractivity contribution in [2.75, 3.05) is 13.6 Å². The first-order valence-corrected chi connectivity index (χ1v) is 13.8. The highest BCUT2D eigenvalue weighted by atomic mass is 16.3. The highest BCUT2D eigenvalue weighted by molar-refractivity contribution is 5.10. The Hall–Kier alpha value is -0.120. The Bertz CT molecular complexity index is 661. The van der Waals surface area contributed by atoms with E-state index in [1.54, 1.807) is 0 Å². The number of likely N-dealkylation sites (N-methyl/N-ethyl adjacent to an activating group) is 1. The molecule has 8 atom stereocenters. The number of rotatable bonds is 7. The molecule has 0 saturated heterocycles. The molecule has 7 unspecified atom stereocenters. The molecule has 0 heterocycles. The van der Waals surface area contributed by atoms with E-state index in [-0.39, 0.29) is 5.60 Å². The van der Waals surface area contributed by atoms with Gasteiger partial charge in [0.15, 0.2) is 0 Å². The van der Waals surface area contributed by atoms with E-state index >= 15 is 0 Å². The van der Waals surface area contributed by atoms with Gasteiger partial charge in [0.2, 0.25) is 0 Å². The molecule has 3 heteroatoms. The van der Waals surface area contributed by atoms with Crippen LogP contribution in [-0.2, 0) is 0 Å². The largest absolute Gasteiger partial charge is 0.390 e. The second-order valence-corrected chi connectivity index (χ2v) is 13.4. The maximum Gasteiger partial charge on any atom is 0.0774 e. The predicted molar refractivity (Wildman–Crippen MR) is 127 cm³/mol. The van der Waals surface area contributed by atoms with E-state index in [2.05, 4.69) is 19.2 Å². The fourth-order valence-electron chi connectivity index (χ4n) is 9.63. The van der Waals surface area contributed by atoms with Crippen LogP contribution in [0.3, 0.4) is 0 Å². The zero-order chi connectivity index (χ0) is 21.9. The minimum atomic E-state index is -0.471. The van der Waals surface area contributed by atoms with Crippen molar-refractivity contribution in [1.82, 2.24) is 5.32 Å². The molecule has 0 aromatic heterocycles. The third kappa shape index (κ3) is 3.93. The molecule has 0 aliphatic heterocycles. The SMILES string of the molecule is CNC[C@]1(O)CCC2(C)C(CCC3C4CCC(CCCCC5(O)CC5)C4(C)CCC32)C1. The van der Waals surface area contributed by atoms with Crippen molar-refractivity contribution in [3.63, 3.8) is 0 Å². The van der Waals surface area contributed by atoms with Gasteiger partial charge < -0.3 is 15.5 Å². The lowest BCUT2D eigenvalue weighted by molar-refractivity contribution is -0.149. The van der Waals surface area contributed by atoms with Gasteiger partial charge in [0, 0.05) is 6.54 Å². The summed E-state index contributed by atoms with van der Waals surface area (Å²) in [7, 11) is 1.98. The molecular formula is C28H49NO2. The molecule has 5 aliphatic rings. The average molecular weight is 432 g/mol. The summed E-state index contributed by atoms with van der Waals surface area (Å²) < 4.78 is 0. The van der Waals surface area contributed by atoms with Crippen LogP contribution >= 0.6 is 0 Å². The second kappa shape index (κ2) is 7.98.